The first kappa shape index (κ1) is 34.5. The van der Waals surface area contributed by atoms with E-state index in [1.165, 1.54) is 28.9 Å². The van der Waals surface area contributed by atoms with E-state index in [2.05, 4.69) is 37.2 Å². The van der Waals surface area contributed by atoms with Crippen LogP contribution in [0.25, 0.3) is 21.5 Å². The second-order valence-corrected chi connectivity index (χ2v) is 17.3. The van der Waals surface area contributed by atoms with Gasteiger partial charge in [0.15, 0.2) is 16.8 Å². The van der Waals surface area contributed by atoms with Crippen LogP contribution in [0.2, 0.25) is 0 Å². The fourth-order valence-corrected chi connectivity index (χ4v) is 8.38. The number of rotatable bonds is 11. The second-order valence-electron chi connectivity index (χ2n) is 10.6. The standard InChI is InChI=1S/C22H29N9O11P2S3/c1-8-14(11(5-38-43(35,45)37-2)41-20(8)31-18-15(47-22(31)34)16(23)25-6-26-18)42-44(36,46)39-4-10-9(32)3-12(40-10)30-7-27-13-17(30)28-21(24)29-19(13)33/h6-12,14,20,32H,3-5H2,1-2H3,(H,35,45)(H,36,46)(H2,23,25,26)(H3,24,28,29,33)/t8?,9-,10-,11-,12-,14?,20-,43?,44?/m1/s1. The molecule has 2 fully saturated rings. The lowest BCUT2D eigenvalue weighted by molar-refractivity contribution is -0.0476. The third-order valence-electron chi connectivity index (χ3n) is 7.58. The van der Waals surface area contributed by atoms with Gasteiger partial charge < -0.3 is 40.0 Å². The zero-order chi connectivity index (χ0) is 33.8. The fraction of sp³-hybridized carbons (Fsp3) is 0.545. The van der Waals surface area contributed by atoms with Crippen LogP contribution in [0, 0.1) is 5.92 Å². The van der Waals surface area contributed by atoms with Crippen molar-refractivity contribution in [3.05, 3.63) is 32.7 Å². The van der Waals surface area contributed by atoms with Crippen molar-refractivity contribution in [2.24, 2.45) is 5.92 Å². The van der Waals surface area contributed by atoms with Gasteiger partial charge in [0.05, 0.1) is 25.6 Å². The fourth-order valence-electron chi connectivity index (χ4n) is 5.33. The van der Waals surface area contributed by atoms with Crippen LogP contribution >= 0.6 is 37.1 Å². The number of ether oxygens (including phenoxy) is 2. The van der Waals surface area contributed by atoms with Gasteiger partial charge in [-0.3, -0.25) is 32.8 Å². The highest BCUT2D eigenvalue weighted by Crippen LogP contribution is 2.58. The number of aromatic amines is 1. The zero-order valence-corrected chi connectivity index (χ0v) is 28.7. The Bertz CT molecular complexity index is 2020. The summed E-state index contributed by atoms with van der Waals surface area (Å²) in [5.41, 5.74) is 11.5. The Morgan fingerprint density at radius 3 is 2.68 bits per heavy atom. The number of imidazole rings is 1. The lowest BCUT2D eigenvalue weighted by atomic mass is 10.0. The minimum Gasteiger partial charge on any atom is -0.390 e. The zero-order valence-electron chi connectivity index (χ0n) is 24.4. The number of nitrogen functional groups attached to an aromatic ring is 2. The Hall–Kier alpha value is -2.37. The number of fused-ring (bicyclic) bond motifs is 2. The highest BCUT2D eigenvalue weighted by molar-refractivity contribution is 8.44. The van der Waals surface area contributed by atoms with Gasteiger partial charge in [-0.05, 0) is 11.8 Å². The van der Waals surface area contributed by atoms with Crippen LogP contribution in [0.15, 0.2) is 22.2 Å². The number of nitrogens with zero attached hydrogens (tertiary/aromatic N) is 6. The van der Waals surface area contributed by atoms with Gasteiger partial charge in [0.2, 0.25) is 5.95 Å². The smallest absolute Gasteiger partial charge is 0.386 e. The SMILES string of the molecule is COP(O)(=S)OC[C@H]1O[C@@H](n2c(=O)sc3c(N)ncnc32)C(C)C1OP(=O)(S)OC[C@H]1O[C@@H](n2cnc3c(=O)[nH]c(N)nc32)C[C@H]1O. The van der Waals surface area contributed by atoms with Crippen molar-refractivity contribution in [3.63, 3.8) is 0 Å². The van der Waals surface area contributed by atoms with E-state index < -0.39 is 73.3 Å². The van der Waals surface area contributed by atoms with Crippen LogP contribution in [0.3, 0.4) is 0 Å². The Labute approximate surface area is 278 Å². The molecule has 0 radical (unpaired) electrons. The summed E-state index contributed by atoms with van der Waals surface area (Å²) in [6, 6.07) is 0. The average molecular weight is 754 g/mol. The molecular formula is C22H29N9O11P2S3. The number of aliphatic hydroxyl groups excluding tert-OH is 1. The minimum atomic E-state index is -4.24. The summed E-state index contributed by atoms with van der Waals surface area (Å²) >= 11 is 9.90. The third kappa shape index (κ3) is 6.91. The molecule has 6 rings (SSSR count). The number of hydrogen-bond acceptors (Lipinski definition) is 18. The summed E-state index contributed by atoms with van der Waals surface area (Å²) in [6.07, 6.45) is -3.45. The van der Waals surface area contributed by atoms with Crippen LogP contribution in [-0.2, 0) is 43.9 Å². The summed E-state index contributed by atoms with van der Waals surface area (Å²) in [7, 11) is 1.18. The third-order valence-corrected chi connectivity index (χ3v) is 11.9. The molecule has 0 spiro atoms. The van der Waals surface area contributed by atoms with Crippen molar-refractivity contribution < 1.29 is 42.1 Å². The number of thiazole rings is 1. The molecule has 9 atom stereocenters. The van der Waals surface area contributed by atoms with Gasteiger partial charge in [-0.2, -0.15) is 4.98 Å². The summed E-state index contributed by atoms with van der Waals surface area (Å²) < 4.78 is 50.3. The number of nitrogens with one attached hydrogen (secondary N) is 1. The molecule has 0 bridgehead atoms. The number of hydrogen-bond donors (Lipinski definition) is 6. The number of H-pyrrole nitrogens is 1. The summed E-state index contributed by atoms with van der Waals surface area (Å²) in [5.74, 6) is -0.714. The molecule has 4 aromatic rings. The minimum absolute atomic E-state index is 0.0331. The summed E-state index contributed by atoms with van der Waals surface area (Å²) in [6.45, 7) is -7.00. The van der Waals surface area contributed by atoms with Gasteiger partial charge in [-0.25, -0.2) is 19.5 Å². The molecule has 25 heteroatoms. The van der Waals surface area contributed by atoms with E-state index in [0.717, 1.165) is 11.3 Å². The Morgan fingerprint density at radius 2 is 1.94 bits per heavy atom. The molecule has 4 aromatic heterocycles. The van der Waals surface area contributed by atoms with Gasteiger partial charge in [-0.15, -0.1) is 0 Å². The van der Waals surface area contributed by atoms with Gasteiger partial charge in [-0.1, -0.05) is 30.5 Å². The van der Waals surface area contributed by atoms with E-state index in [1.807, 2.05) is 0 Å². The molecule has 20 nitrogen and oxygen atoms in total. The second kappa shape index (κ2) is 13.2. The van der Waals surface area contributed by atoms with E-state index >= 15 is 0 Å². The molecule has 0 amide bonds. The lowest BCUT2D eigenvalue weighted by Gasteiger charge is -2.26. The van der Waals surface area contributed by atoms with Crippen LogP contribution in [-0.4, -0.2) is 88.8 Å². The van der Waals surface area contributed by atoms with Crippen molar-refractivity contribution in [1.82, 2.24) is 34.1 Å². The lowest BCUT2D eigenvalue weighted by Crippen LogP contribution is -2.32. The van der Waals surface area contributed by atoms with Crippen molar-refractivity contribution in [3.8, 4) is 0 Å². The highest BCUT2D eigenvalue weighted by atomic mass is 32.7. The predicted molar refractivity (Wildman–Crippen MR) is 173 cm³/mol. The molecular weight excluding hydrogens is 724 g/mol. The molecule has 6 heterocycles. The topological polar surface area (TPSA) is 276 Å². The Balaban J connectivity index is 1.18. The first-order chi connectivity index (χ1) is 22.2. The van der Waals surface area contributed by atoms with Gasteiger partial charge in [0.25, 0.3) is 5.56 Å². The number of nitrogens with two attached hydrogens (primary N) is 2. The van der Waals surface area contributed by atoms with Gasteiger partial charge in [0.1, 0.15) is 47.6 Å². The Kier molecular flexibility index (Phi) is 9.66. The van der Waals surface area contributed by atoms with Crippen LogP contribution in [0.4, 0.5) is 11.8 Å². The molecule has 47 heavy (non-hydrogen) atoms. The van der Waals surface area contributed by atoms with Crippen LogP contribution in [0.5, 0.6) is 0 Å². The van der Waals surface area contributed by atoms with Crippen LogP contribution < -0.4 is 21.9 Å². The van der Waals surface area contributed by atoms with E-state index in [1.54, 1.807) is 6.92 Å². The number of anilines is 2. The molecule has 2 saturated heterocycles. The van der Waals surface area contributed by atoms with E-state index in [-0.39, 0.29) is 41.6 Å². The highest BCUT2D eigenvalue weighted by Gasteiger charge is 2.49. The number of aliphatic hydroxyl groups is 1. The van der Waals surface area contributed by atoms with Crippen molar-refractivity contribution in [1.29, 1.82) is 0 Å². The van der Waals surface area contributed by atoms with Gasteiger partial charge >= 0.3 is 18.4 Å². The van der Waals surface area contributed by atoms with Crippen molar-refractivity contribution in [2.75, 3.05) is 31.8 Å². The molecule has 0 aliphatic carbocycles. The molecule has 4 unspecified atom stereocenters. The Morgan fingerprint density at radius 1 is 1.19 bits per heavy atom. The molecule has 2 aliphatic rings. The van der Waals surface area contributed by atoms with Crippen LogP contribution in [0.1, 0.15) is 25.8 Å². The number of aromatic nitrogens is 7. The van der Waals surface area contributed by atoms with Crippen molar-refractivity contribution >= 4 is 82.2 Å². The average Bonchev–Trinajstić information content (AvgIpc) is 3.75. The largest absolute Gasteiger partial charge is 0.390 e. The summed E-state index contributed by atoms with van der Waals surface area (Å²) in [4.78, 5) is 53.5. The quantitative estimate of drug-likeness (QED) is 0.0906. The summed E-state index contributed by atoms with van der Waals surface area (Å²) in [5, 5.41) is 10.7. The van der Waals surface area contributed by atoms with E-state index in [0.29, 0.717) is 4.70 Å². The van der Waals surface area contributed by atoms with Gasteiger partial charge in [0, 0.05) is 19.4 Å². The first-order valence-electron chi connectivity index (χ1n) is 13.7. The van der Waals surface area contributed by atoms with E-state index in [4.69, 9.17) is 50.8 Å². The van der Waals surface area contributed by atoms with Crippen molar-refractivity contribution in [2.45, 2.75) is 50.2 Å². The molecule has 0 aromatic carbocycles. The van der Waals surface area contributed by atoms with E-state index in [9.17, 15) is 24.2 Å². The first-order valence-corrected chi connectivity index (χ1v) is 19.8. The maximum Gasteiger partial charge on any atom is 0.386 e. The molecule has 2 aliphatic heterocycles. The molecule has 0 saturated carbocycles. The molecule has 7 N–H and O–H groups in total. The number of thiol groups is 1. The normalized spacial score (nSPS) is 29.0. The maximum atomic E-state index is 13.6. The monoisotopic (exact) mass is 753 g/mol. The molecule has 256 valence electrons. The maximum absolute atomic E-state index is 13.6. The predicted octanol–water partition coefficient (Wildman–Crippen LogP) is 0.652.